The van der Waals surface area contributed by atoms with Gasteiger partial charge < -0.3 is 0 Å². The molecule has 0 spiro atoms. The highest BCUT2D eigenvalue weighted by Gasteiger charge is 2.50. The van der Waals surface area contributed by atoms with Crippen molar-refractivity contribution >= 4 is 39.1 Å². The van der Waals surface area contributed by atoms with Crippen LogP contribution in [0, 0.1) is 0 Å². The second kappa shape index (κ2) is 8.10. The zero-order chi connectivity index (χ0) is 16.8. The van der Waals surface area contributed by atoms with Crippen molar-refractivity contribution in [1.29, 1.82) is 0 Å². The third kappa shape index (κ3) is 3.21. The van der Waals surface area contributed by atoms with E-state index in [0.717, 1.165) is 6.42 Å². The Morgan fingerprint density at radius 1 is 0.667 bits per heavy atom. The molecule has 0 radical (unpaired) electrons. The summed E-state index contributed by atoms with van der Waals surface area (Å²) < 4.78 is 0.433. The predicted octanol–water partition coefficient (Wildman–Crippen LogP) is 5.50. The lowest BCUT2D eigenvalue weighted by Gasteiger charge is -2.31. The first-order valence-corrected chi connectivity index (χ1v) is 11.3. The van der Waals surface area contributed by atoms with E-state index in [1.165, 1.54) is 22.3 Å². The van der Waals surface area contributed by atoms with Crippen LogP contribution in [0.4, 0.5) is 0 Å². The standard InChI is InChI=1S/C22H23BrP/c1-2-12-22(23)24(19-13-6-3-7-14-19,20-15-8-4-9-16-20)21-17-10-5-11-18-21/h3-11,13-18,22H,2,12H2,1H3/q+1. The number of halogens is 1. The second-order valence-corrected chi connectivity index (χ2v) is 11.4. The first-order valence-electron chi connectivity index (χ1n) is 8.49. The summed E-state index contributed by atoms with van der Waals surface area (Å²) in [4.78, 5) is 0. The summed E-state index contributed by atoms with van der Waals surface area (Å²) in [6, 6.07) is 33.2. The van der Waals surface area contributed by atoms with Crippen LogP contribution in [0.2, 0.25) is 0 Å². The molecule has 0 amide bonds. The fraction of sp³-hybridized carbons (Fsp3) is 0.182. The first kappa shape index (κ1) is 17.4. The van der Waals surface area contributed by atoms with Gasteiger partial charge in [-0.05, 0) is 58.7 Å². The van der Waals surface area contributed by atoms with Gasteiger partial charge in [0.1, 0.15) is 27.7 Å². The van der Waals surface area contributed by atoms with Crippen LogP contribution in [0.3, 0.4) is 0 Å². The molecule has 3 rings (SSSR count). The molecule has 0 aliphatic rings. The average molecular weight is 398 g/mol. The first-order chi connectivity index (χ1) is 11.8. The summed E-state index contributed by atoms with van der Waals surface area (Å²) in [5.74, 6) is 0. The molecular formula is C22H23BrP+. The number of benzene rings is 3. The van der Waals surface area contributed by atoms with Crippen LogP contribution in [0.1, 0.15) is 19.8 Å². The lowest BCUT2D eigenvalue weighted by molar-refractivity contribution is 0.871. The number of rotatable bonds is 6. The van der Waals surface area contributed by atoms with E-state index in [-0.39, 0.29) is 0 Å². The SMILES string of the molecule is CCCC(Br)[P+](c1ccccc1)(c1ccccc1)c1ccccc1. The lowest BCUT2D eigenvalue weighted by Crippen LogP contribution is -2.36. The molecule has 0 fully saturated rings. The molecule has 3 aromatic rings. The molecule has 1 atom stereocenters. The van der Waals surface area contributed by atoms with Gasteiger partial charge in [-0.15, -0.1) is 0 Å². The van der Waals surface area contributed by atoms with Crippen molar-refractivity contribution in [2.45, 2.75) is 24.3 Å². The van der Waals surface area contributed by atoms with Crippen LogP contribution >= 0.6 is 23.2 Å². The summed E-state index contributed by atoms with van der Waals surface area (Å²) in [5, 5.41) is 4.33. The molecule has 0 saturated carbocycles. The molecular weight excluding hydrogens is 375 g/mol. The van der Waals surface area contributed by atoms with Gasteiger partial charge in [-0.2, -0.15) is 0 Å². The van der Waals surface area contributed by atoms with Crippen LogP contribution < -0.4 is 15.9 Å². The minimum Gasteiger partial charge on any atom is -0.0652 e. The summed E-state index contributed by atoms with van der Waals surface area (Å²) in [5.41, 5.74) is 0. The van der Waals surface area contributed by atoms with Gasteiger partial charge in [-0.25, -0.2) is 0 Å². The third-order valence-corrected chi connectivity index (χ3v) is 11.2. The van der Waals surface area contributed by atoms with Gasteiger partial charge in [0.25, 0.3) is 0 Å². The Balaban J connectivity index is 2.33. The van der Waals surface area contributed by atoms with Crippen molar-refractivity contribution in [1.82, 2.24) is 0 Å². The van der Waals surface area contributed by atoms with E-state index in [0.29, 0.717) is 4.57 Å². The highest BCUT2D eigenvalue weighted by Crippen LogP contribution is 2.63. The zero-order valence-electron chi connectivity index (χ0n) is 14.0. The Kier molecular flexibility index (Phi) is 5.87. The molecule has 1 unspecified atom stereocenters. The Bertz CT molecular complexity index is 644. The van der Waals surface area contributed by atoms with E-state index < -0.39 is 7.26 Å². The molecule has 0 aromatic heterocycles. The van der Waals surface area contributed by atoms with E-state index in [9.17, 15) is 0 Å². The Morgan fingerprint density at radius 3 is 1.29 bits per heavy atom. The molecule has 0 N–H and O–H groups in total. The van der Waals surface area contributed by atoms with Crippen LogP contribution in [0.25, 0.3) is 0 Å². The quantitative estimate of drug-likeness (QED) is 0.380. The fourth-order valence-electron chi connectivity index (χ4n) is 3.35. The van der Waals surface area contributed by atoms with Crippen LogP contribution in [-0.2, 0) is 0 Å². The van der Waals surface area contributed by atoms with Gasteiger partial charge in [-0.1, -0.05) is 67.9 Å². The highest BCUT2D eigenvalue weighted by molar-refractivity contribution is 9.11. The largest absolute Gasteiger partial charge is 0.137 e. The van der Waals surface area contributed by atoms with Crippen LogP contribution in [0.15, 0.2) is 91.0 Å². The predicted molar refractivity (Wildman–Crippen MR) is 113 cm³/mol. The fourth-order valence-corrected chi connectivity index (χ4v) is 10.4. The average Bonchev–Trinajstić information content (AvgIpc) is 2.65. The number of alkyl halides is 1. The third-order valence-electron chi connectivity index (χ3n) is 4.44. The number of hydrogen-bond acceptors (Lipinski definition) is 0. The molecule has 3 aromatic carbocycles. The summed E-state index contributed by atoms with van der Waals surface area (Å²) in [6.07, 6.45) is 2.33. The Labute approximate surface area is 154 Å². The van der Waals surface area contributed by atoms with Gasteiger partial charge in [0.15, 0.2) is 0 Å². The molecule has 24 heavy (non-hydrogen) atoms. The molecule has 122 valence electrons. The van der Waals surface area contributed by atoms with E-state index in [4.69, 9.17) is 0 Å². The summed E-state index contributed by atoms with van der Waals surface area (Å²) in [6.45, 7) is 2.27. The molecule has 0 aliphatic carbocycles. The molecule has 2 heteroatoms. The Morgan fingerprint density at radius 2 is 1.00 bits per heavy atom. The van der Waals surface area contributed by atoms with E-state index in [1.54, 1.807) is 0 Å². The molecule has 0 heterocycles. The van der Waals surface area contributed by atoms with E-state index >= 15 is 0 Å². The topological polar surface area (TPSA) is 0 Å². The maximum atomic E-state index is 4.12. The lowest BCUT2D eigenvalue weighted by atomic mass is 10.3. The normalized spacial score (nSPS) is 12.8. The van der Waals surface area contributed by atoms with Gasteiger partial charge in [0, 0.05) is 0 Å². The van der Waals surface area contributed by atoms with E-state index in [1.807, 2.05) is 0 Å². The zero-order valence-corrected chi connectivity index (χ0v) is 16.5. The van der Waals surface area contributed by atoms with Crippen LogP contribution in [-0.4, -0.2) is 4.57 Å². The highest BCUT2D eigenvalue weighted by atomic mass is 79.9. The van der Waals surface area contributed by atoms with Crippen molar-refractivity contribution in [3.8, 4) is 0 Å². The van der Waals surface area contributed by atoms with Gasteiger partial charge >= 0.3 is 0 Å². The van der Waals surface area contributed by atoms with Gasteiger partial charge in [-0.3, -0.25) is 0 Å². The minimum absolute atomic E-state index is 0.433. The monoisotopic (exact) mass is 397 g/mol. The number of hydrogen-bond donors (Lipinski definition) is 0. The van der Waals surface area contributed by atoms with Gasteiger partial charge in [0.05, 0.1) is 0 Å². The van der Waals surface area contributed by atoms with Crippen LogP contribution in [0.5, 0.6) is 0 Å². The van der Waals surface area contributed by atoms with Crippen molar-refractivity contribution in [3.05, 3.63) is 91.0 Å². The maximum absolute atomic E-state index is 4.12. The smallest absolute Gasteiger partial charge is 0.0652 e. The summed E-state index contributed by atoms with van der Waals surface area (Å²) in [7, 11) is -1.74. The van der Waals surface area contributed by atoms with Crippen molar-refractivity contribution in [2.75, 3.05) is 0 Å². The molecule has 0 bridgehead atoms. The molecule has 0 saturated heterocycles. The van der Waals surface area contributed by atoms with E-state index in [2.05, 4.69) is 114 Å². The minimum atomic E-state index is -1.74. The maximum Gasteiger partial charge on any atom is 0.137 e. The Hall–Kier alpha value is -1.43. The van der Waals surface area contributed by atoms with Crippen molar-refractivity contribution in [3.63, 3.8) is 0 Å². The van der Waals surface area contributed by atoms with Gasteiger partial charge in [0.2, 0.25) is 0 Å². The summed E-state index contributed by atoms with van der Waals surface area (Å²) >= 11 is 4.12. The second-order valence-electron chi connectivity index (χ2n) is 5.95. The van der Waals surface area contributed by atoms with Crippen molar-refractivity contribution in [2.24, 2.45) is 0 Å². The van der Waals surface area contributed by atoms with Crippen molar-refractivity contribution < 1.29 is 0 Å². The molecule has 0 nitrogen and oxygen atoms in total. The molecule has 0 aliphatic heterocycles.